The van der Waals surface area contributed by atoms with Gasteiger partial charge in [0.1, 0.15) is 5.75 Å². The number of rotatable bonds is 6. The predicted octanol–water partition coefficient (Wildman–Crippen LogP) is 2.69. The Morgan fingerprint density at radius 3 is 2.68 bits per heavy atom. The highest BCUT2D eigenvalue weighted by atomic mass is 16.5. The molecule has 3 rings (SSSR count). The van der Waals surface area contributed by atoms with Crippen LogP contribution in [-0.2, 0) is 11.3 Å². The summed E-state index contributed by atoms with van der Waals surface area (Å²) in [5, 5.41) is 15.2. The Hall–Kier alpha value is -3.22. The average molecular weight is 337 g/mol. The molecule has 0 aliphatic carbocycles. The van der Waals surface area contributed by atoms with Gasteiger partial charge in [-0.3, -0.25) is 4.79 Å². The van der Waals surface area contributed by atoms with Crippen LogP contribution >= 0.6 is 0 Å². The fourth-order valence-corrected chi connectivity index (χ4v) is 2.32. The maximum absolute atomic E-state index is 12.1. The lowest BCUT2D eigenvalue weighted by atomic mass is 10.1. The fourth-order valence-electron chi connectivity index (χ4n) is 2.32. The molecular formula is C18H19N5O2. The zero-order chi connectivity index (χ0) is 17.6. The summed E-state index contributed by atoms with van der Waals surface area (Å²) in [4.78, 5) is 13.5. The van der Waals surface area contributed by atoms with Gasteiger partial charge in [-0.2, -0.15) is 4.80 Å². The third-order valence-corrected chi connectivity index (χ3v) is 3.68. The first-order valence-electron chi connectivity index (χ1n) is 7.93. The largest absolute Gasteiger partial charge is 0.495 e. The van der Waals surface area contributed by atoms with Crippen LogP contribution in [0.15, 0.2) is 48.5 Å². The predicted molar refractivity (Wildman–Crippen MR) is 94.2 cm³/mol. The lowest BCUT2D eigenvalue weighted by Gasteiger charge is -2.09. The van der Waals surface area contributed by atoms with Crippen LogP contribution in [0, 0.1) is 6.92 Å². The van der Waals surface area contributed by atoms with E-state index in [4.69, 9.17) is 4.74 Å². The highest BCUT2D eigenvalue weighted by molar-refractivity contribution is 5.92. The van der Waals surface area contributed by atoms with Gasteiger partial charge >= 0.3 is 0 Å². The van der Waals surface area contributed by atoms with E-state index in [0.717, 1.165) is 5.56 Å². The van der Waals surface area contributed by atoms with E-state index in [1.807, 2.05) is 43.3 Å². The van der Waals surface area contributed by atoms with E-state index in [-0.39, 0.29) is 12.3 Å². The quantitative estimate of drug-likeness (QED) is 0.748. The molecule has 0 saturated heterocycles. The van der Waals surface area contributed by atoms with E-state index in [1.165, 1.54) is 10.4 Å². The van der Waals surface area contributed by atoms with Crippen LogP contribution in [0.5, 0.6) is 5.75 Å². The van der Waals surface area contributed by atoms with Gasteiger partial charge < -0.3 is 10.1 Å². The first kappa shape index (κ1) is 16.6. The summed E-state index contributed by atoms with van der Waals surface area (Å²) in [5.41, 5.74) is 2.71. The standard InChI is InChI=1S/C18H19N5O2/c1-13-7-9-14(10-8-13)18-20-22-23(21-18)12-11-17(24)19-15-5-3-4-6-16(15)25-2/h3-10H,11-12H2,1-2H3,(H,19,24). The topological polar surface area (TPSA) is 81.9 Å². The second kappa shape index (κ2) is 7.57. The summed E-state index contributed by atoms with van der Waals surface area (Å²) in [6.07, 6.45) is 0.238. The van der Waals surface area contributed by atoms with Crippen molar-refractivity contribution in [2.75, 3.05) is 12.4 Å². The summed E-state index contributed by atoms with van der Waals surface area (Å²) in [7, 11) is 1.57. The van der Waals surface area contributed by atoms with E-state index >= 15 is 0 Å². The molecule has 25 heavy (non-hydrogen) atoms. The van der Waals surface area contributed by atoms with Gasteiger partial charge in [-0.25, -0.2) is 0 Å². The van der Waals surface area contributed by atoms with E-state index in [2.05, 4.69) is 20.7 Å². The van der Waals surface area contributed by atoms with Crippen LogP contribution in [0.4, 0.5) is 5.69 Å². The number of para-hydroxylation sites is 2. The van der Waals surface area contributed by atoms with Crippen molar-refractivity contribution in [3.8, 4) is 17.1 Å². The van der Waals surface area contributed by atoms with Crippen LogP contribution in [0.1, 0.15) is 12.0 Å². The van der Waals surface area contributed by atoms with Gasteiger partial charge in [0.2, 0.25) is 11.7 Å². The molecule has 0 unspecified atom stereocenters. The molecule has 0 atom stereocenters. The molecule has 0 bridgehead atoms. The zero-order valence-electron chi connectivity index (χ0n) is 14.1. The molecule has 7 heteroatoms. The third-order valence-electron chi connectivity index (χ3n) is 3.68. The number of carbonyl (C=O) groups excluding carboxylic acids is 1. The highest BCUT2D eigenvalue weighted by Crippen LogP contribution is 2.23. The molecule has 0 aliphatic heterocycles. The molecule has 3 aromatic rings. The molecule has 1 N–H and O–H groups in total. The van der Waals surface area contributed by atoms with Crippen molar-refractivity contribution >= 4 is 11.6 Å². The van der Waals surface area contributed by atoms with Crippen molar-refractivity contribution < 1.29 is 9.53 Å². The number of aryl methyl sites for hydroxylation is 2. The number of ether oxygens (including phenoxy) is 1. The monoisotopic (exact) mass is 337 g/mol. The number of hydrogen-bond donors (Lipinski definition) is 1. The molecule has 0 aliphatic rings. The first-order valence-corrected chi connectivity index (χ1v) is 7.93. The van der Waals surface area contributed by atoms with Gasteiger partial charge in [-0.15, -0.1) is 10.2 Å². The van der Waals surface area contributed by atoms with E-state index in [0.29, 0.717) is 23.8 Å². The number of anilines is 1. The number of nitrogens with zero attached hydrogens (tertiary/aromatic N) is 4. The van der Waals surface area contributed by atoms with Gasteiger partial charge in [0.05, 0.1) is 19.3 Å². The van der Waals surface area contributed by atoms with E-state index in [1.54, 1.807) is 19.2 Å². The second-order valence-corrected chi connectivity index (χ2v) is 5.57. The van der Waals surface area contributed by atoms with Crippen LogP contribution in [0.2, 0.25) is 0 Å². The summed E-state index contributed by atoms with van der Waals surface area (Å²) in [6, 6.07) is 15.2. The SMILES string of the molecule is COc1ccccc1NC(=O)CCn1nnc(-c2ccc(C)cc2)n1. The number of amides is 1. The molecule has 0 fully saturated rings. The van der Waals surface area contributed by atoms with Gasteiger partial charge in [-0.05, 0) is 24.3 Å². The molecule has 0 radical (unpaired) electrons. The maximum atomic E-state index is 12.1. The number of nitrogens with one attached hydrogen (secondary N) is 1. The molecule has 1 heterocycles. The summed E-state index contributed by atoms with van der Waals surface area (Å²) in [5.74, 6) is 1.03. The summed E-state index contributed by atoms with van der Waals surface area (Å²) in [6.45, 7) is 2.37. The minimum Gasteiger partial charge on any atom is -0.495 e. The summed E-state index contributed by atoms with van der Waals surface area (Å²) < 4.78 is 5.22. The molecule has 128 valence electrons. The van der Waals surface area contributed by atoms with Crippen molar-refractivity contribution in [2.24, 2.45) is 0 Å². The number of aromatic nitrogens is 4. The minimum atomic E-state index is -0.140. The molecule has 2 aromatic carbocycles. The van der Waals surface area contributed by atoms with Crippen molar-refractivity contribution in [1.82, 2.24) is 20.2 Å². The van der Waals surface area contributed by atoms with Crippen molar-refractivity contribution in [1.29, 1.82) is 0 Å². The van der Waals surface area contributed by atoms with Crippen LogP contribution in [0.25, 0.3) is 11.4 Å². The third kappa shape index (κ3) is 4.20. The lowest BCUT2D eigenvalue weighted by Crippen LogP contribution is -2.16. The van der Waals surface area contributed by atoms with Crippen LogP contribution in [0.3, 0.4) is 0 Å². The maximum Gasteiger partial charge on any atom is 0.226 e. The van der Waals surface area contributed by atoms with E-state index < -0.39 is 0 Å². The molecule has 1 amide bonds. The highest BCUT2D eigenvalue weighted by Gasteiger charge is 2.09. The fraction of sp³-hybridized carbons (Fsp3) is 0.222. The Morgan fingerprint density at radius 1 is 1.16 bits per heavy atom. The Labute approximate surface area is 145 Å². The van der Waals surface area contributed by atoms with Crippen molar-refractivity contribution in [2.45, 2.75) is 19.9 Å². The Bertz CT molecular complexity index is 858. The number of hydrogen-bond acceptors (Lipinski definition) is 5. The summed E-state index contributed by atoms with van der Waals surface area (Å²) >= 11 is 0. The van der Waals surface area contributed by atoms with Crippen LogP contribution in [-0.4, -0.2) is 33.2 Å². The molecule has 0 saturated carbocycles. The van der Waals surface area contributed by atoms with Gasteiger partial charge in [0.25, 0.3) is 0 Å². The molecule has 7 nitrogen and oxygen atoms in total. The Morgan fingerprint density at radius 2 is 1.92 bits per heavy atom. The Kier molecular flexibility index (Phi) is 5.03. The van der Waals surface area contributed by atoms with Gasteiger partial charge in [0.15, 0.2) is 0 Å². The smallest absolute Gasteiger partial charge is 0.226 e. The van der Waals surface area contributed by atoms with Gasteiger partial charge in [-0.1, -0.05) is 42.0 Å². The number of methoxy groups -OCH3 is 1. The van der Waals surface area contributed by atoms with Gasteiger partial charge in [0, 0.05) is 12.0 Å². The van der Waals surface area contributed by atoms with Crippen molar-refractivity contribution in [3.63, 3.8) is 0 Å². The molecule has 0 spiro atoms. The number of benzene rings is 2. The number of carbonyl (C=O) groups is 1. The van der Waals surface area contributed by atoms with Crippen molar-refractivity contribution in [3.05, 3.63) is 54.1 Å². The second-order valence-electron chi connectivity index (χ2n) is 5.57. The first-order chi connectivity index (χ1) is 12.2. The average Bonchev–Trinajstić information content (AvgIpc) is 3.10. The molecular weight excluding hydrogens is 318 g/mol. The number of tetrazole rings is 1. The molecule has 1 aromatic heterocycles. The lowest BCUT2D eigenvalue weighted by molar-refractivity contribution is -0.116. The minimum absolute atomic E-state index is 0.140. The normalized spacial score (nSPS) is 10.5. The van der Waals surface area contributed by atoms with Crippen LogP contribution < -0.4 is 10.1 Å². The zero-order valence-corrected chi connectivity index (χ0v) is 14.1. The van der Waals surface area contributed by atoms with E-state index in [9.17, 15) is 4.79 Å². The Balaban J connectivity index is 1.58.